The maximum atomic E-state index is 12.1. The maximum Gasteiger partial charge on any atom is 0.270 e. The smallest absolute Gasteiger partial charge is 0.270 e. The Hall–Kier alpha value is -2.25. The summed E-state index contributed by atoms with van der Waals surface area (Å²) in [6.07, 6.45) is 0. The van der Waals surface area contributed by atoms with Crippen LogP contribution in [0, 0.1) is 10.1 Å². The number of aromatic nitrogens is 1. The zero-order valence-electron chi connectivity index (χ0n) is 11.3. The summed E-state index contributed by atoms with van der Waals surface area (Å²) < 4.78 is 1.90. The lowest BCUT2D eigenvalue weighted by molar-refractivity contribution is -0.384. The molecule has 0 radical (unpaired) electrons. The molecule has 0 atom stereocenters. The third-order valence-electron chi connectivity index (χ3n) is 2.98. The maximum absolute atomic E-state index is 12.1. The number of thiazole rings is 1. The van der Waals surface area contributed by atoms with E-state index in [0.29, 0.717) is 5.56 Å². The van der Waals surface area contributed by atoms with Crippen LogP contribution in [0.1, 0.15) is 10.4 Å². The summed E-state index contributed by atoms with van der Waals surface area (Å²) >= 11 is 2.89. The van der Waals surface area contributed by atoms with Gasteiger partial charge < -0.3 is 0 Å². The third-order valence-corrected chi connectivity index (χ3v) is 5.16. The van der Waals surface area contributed by atoms with E-state index in [-0.39, 0.29) is 17.2 Å². The number of thioether (sulfide) groups is 1. The number of ketones is 1. The molecule has 0 fully saturated rings. The molecule has 0 N–H and O–H groups in total. The van der Waals surface area contributed by atoms with Crippen LogP contribution < -0.4 is 0 Å². The van der Waals surface area contributed by atoms with Crippen molar-refractivity contribution in [3.63, 3.8) is 0 Å². The Morgan fingerprint density at radius 2 is 2.05 bits per heavy atom. The number of hydrogen-bond acceptors (Lipinski definition) is 6. The number of fused-ring (bicyclic) bond motifs is 1. The van der Waals surface area contributed by atoms with Gasteiger partial charge in [0, 0.05) is 17.7 Å². The molecule has 0 aliphatic rings. The molecule has 0 saturated heterocycles. The first-order chi connectivity index (χ1) is 10.6. The highest BCUT2D eigenvalue weighted by molar-refractivity contribution is 8.01. The van der Waals surface area contributed by atoms with E-state index in [2.05, 4.69) is 4.98 Å². The van der Waals surface area contributed by atoms with Gasteiger partial charge in [0.1, 0.15) is 0 Å². The van der Waals surface area contributed by atoms with Crippen molar-refractivity contribution in [2.24, 2.45) is 0 Å². The normalized spacial score (nSPS) is 10.7. The van der Waals surface area contributed by atoms with E-state index in [9.17, 15) is 14.9 Å². The largest absolute Gasteiger partial charge is 0.293 e. The number of carbonyl (C=O) groups is 1. The highest BCUT2D eigenvalue weighted by Gasteiger charge is 2.13. The van der Waals surface area contributed by atoms with Crippen molar-refractivity contribution in [3.8, 4) is 0 Å². The summed E-state index contributed by atoms with van der Waals surface area (Å²) in [5.74, 6) is 0.0639. The first kappa shape index (κ1) is 14.7. The number of carbonyl (C=O) groups excluding carboxylic acids is 1. The molecule has 1 aromatic heterocycles. The Balaban J connectivity index is 1.71. The highest BCUT2D eigenvalue weighted by Crippen LogP contribution is 2.29. The van der Waals surface area contributed by atoms with Gasteiger partial charge in [-0.3, -0.25) is 14.9 Å². The molecule has 7 heteroatoms. The topological polar surface area (TPSA) is 73.1 Å². The first-order valence-corrected chi connectivity index (χ1v) is 8.20. The summed E-state index contributed by atoms with van der Waals surface area (Å²) in [4.78, 5) is 26.8. The fourth-order valence-corrected chi connectivity index (χ4v) is 3.88. The summed E-state index contributed by atoms with van der Waals surface area (Å²) in [6.45, 7) is 0. The number of benzene rings is 2. The van der Waals surface area contributed by atoms with Crippen LogP contribution in [0.5, 0.6) is 0 Å². The molecule has 0 spiro atoms. The van der Waals surface area contributed by atoms with Crippen molar-refractivity contribution in [2.75, 3.05) is 5.75 Å². The van der Waals surface area contributed by atoms with E-state index in [4.69, 9.17) is 0 Å². The van der Waals surface area contributed by atoms with E-state index in [0.717, 1.165) is 14.6 Å². The molecule has 0 aliphatic heterocycles. The average molecular weight is 330 g/mol. The number of para-hydroxylation sites is 1. The number of non-ortho nitro benzene ring substituents is 1. The molecule has 0 saturated carbocycles. The van der Waals surface area contributed by atoms with E-state index in [1.54, 1.807) is 6.07 Å². The molecule has 2 aromatic carbocycles. The molecule has 0 bridgehead atoms. The number of nitro benzene ring substituents is 1. The number of rotatable bonds is 5. The number of hydrogen-bond donors (Lipinski definition) is 0. The molecular weight excluding hydrogens is 320 g/mol. The van der Waals surface area contributed by atoms with Crippen molar-refractivity contribution < 1.29 is 9.72 Å². The fourth-order valence-electron chi connectivity index (χ4n) is 1.92. The van der Waals surface area contributed by atoms with Gasteiger partial charge in [-0.2, -0.15) is 0 Å². The van der Waals surface area contributed by atoms with Gasteiger partial charge in [0.2, 0.25) is 0 Å². The monoisotopic (exact) mass is 330 g/mol. The van der Waals surface area contributed by atoms with Gasteiger partial charge in [-0.05, 0) is 12.1 Å². The highest BCUT2D eigenvalue weighted by atomic mass is 32.2. The minimum absolute atomic E-state index is 0.0733. The molecule has 0 unspecified atom stereocenters. The molecule has 1 heterocycles. The molecule has 0 amide bonds. The van der Waals surface area contributed by atoms with Crippen LogP contribution in [0.15, 0.2) is 52.9 Å². The van der Waals surface area contributed by atoms with E-state index >= 15 is 0 Å². The summed E-state index contributed by atoms with van der Waals surface area (Å²) in [7, 11) is 0. The Morgan fingerprint density at radius 1 is 1.23 bits per heavy atom. The van der Waals surface area contributed by atoms with Crippen molar-refractivity contribution >= 4 is 44.8 Å². The van der Waals surface area contributed by atoms with Crippen molar-refractivity contribution in [2.45, 2.75) is 4.34 Å². The Bertz CT molecular complexity index is 828. The zero-order valence-corrected chi connectivity index (χ0v) is 12.9. The molecule has 3 rings (SSSR count). The first-order valence-electron chi connectivity index (χ1n) is 6.39. The van der Waals surface area contributed by atoms with Gasteiger partial charge in [-0.1, -0.05) is 36.0 Å². The number of Topliss-reactive ketones (excluding diaryl/α,β-unsaturated/α-hetero) is 1. The predicted octanol–water partition coefficient (Wildman–Crippen LogP) is 4.18. The standard InChI is InChI=1S/C15H10N2O3S2/c18-13(10-4-3-5-11(8-10)17(19)20)9-21-15-16-12-6-1-2-7-14(12)22-15/h1-8H,9H2. The van der Waals surface area contributed by atoms with Gasteiger partial charge >= 0.3 is 0 Å². The predicted molar refractivity (Wildman–Crippen MR) is 87.8 cm³/mol. The molecule has 5 nitrogen and oxygen atoms in total. The lowest BCUT2D eigenvalue weighted by Gasteiger charge is -1.99. The van der Waals surface area contributed by atoms with Crippen LogP contribution in [-0.2, 0) is 0 Å². The second-order valence-electron chi connectivity index (χ2n) is 4.47. The van der Waals surface area contributed by atoms with Crippen molar-refractivity contribution in [1.82, 2.24) is 4.98 Å². The lowest BCUT2D eigenvalue weighted by Crippen LogP contribution is -2.02. The summed E-state index contributed by atoms with van der Waals surface area (Å²) in [5, 5.41) is 10.7. The fraction of sp³-hybridized carbons (Fsp3) is 0.0667. The summed E-state index contributed by atoms with van der Waals surface area (Å²) in [5.41, 5.74) is 1.19. The minimum atomic E-state index is -0.503. The van der Waals surface area contributed by atoms with Gasteiger partial charge in [0.05, 0.1) is 20.9 Å². The Kier molecular flexibility index (Phi) is 4.17. The molecule has 110 valence electrons. The van der Waals surface area contributed by atoms with Crippen LogP contribution in [0.25, 0.3) is 10.2 Å². The zero-order chi connectivity index (χ0) is 15.5. The molecule has 0 aliphatic carbocycles. The van der Waals surface area contributed by atoms with Crippen molar-refractivity contribution in [3.05, 3.63) is 64.2 Å². The quantitative estimate of drug-likeness (QED) is 0.304. The van der Waals surface area contributed by atoms with Gasteiger partial charge in [-0.15, -0.1) is 11.3 Å². The van der Waals surface area contributed by atoms with E-state index in [1.165, 1.54) is 41.3 Å². The summed E-state index contributed by atoms with van der Waals surface area (Å²) in [6, 6.07) is 13.6. The lowest BCUT2D eigenvalue weighted by atomic mass is 10.1. The third kappa shape index (κ3) is 3.15. The second-order valence-corrected chi connectivity index (χ2v) is 6.72. The molecule has 22 heavy (non-hydrogen) atoms. The van der Waals surface area contributed by atoms with Crippen molar-refractivity contribution in [1.29, 1.82) is 0 Å². The van der Waals surface area contributed by atoms with Crippen LogP contribution >= 0.6 is 23.1 Å². The number of nitro groups is 1. The van der Waals surface area contributed by atoms with Gasteiger partial charge in [0.25, 0.3) is 5.69 Å². The van der Waals surface area contributed by atoms with E-state index in [1.807, 2.05) is 24.3 Å². The Labute approximate surface area is 134 Å². The SMILES string of the molecule is O=C(CSc1nc2ccccc2s1)c1cccc([N+](=O)[O-])c1. The molecule has 3 aromatic rings. The molecular formula is C15H10N2O3S2. The van der Waals surface area contributed by atoms with Crippen LogP contribution in [0.3, 0.4) is 0 Å². The van der Waals surface area contributed by atoms with Crippen LogP contribution in [0.2, 0.25) is 0 Å². The van der Waals surface area contributed by atoms with Crippen LogP contribution in [0.4, 0.5) is 5.69 Å². The van der Waals surface area contributed by atoms with Gasteiger partial charge in [-0.25, -0.2) is 4.98 Å². The van der Waals surface area contributed by atoms with Gasteiger partial charge in [0.15, 0.2) is 10.1 Å². The average Bonchev–Trinajstić information content (AvgIpc) is 2.95. The Morgan fingerprint density at radius 3 is 2.82 bits per heavy atom. The second kappa shape index (κ2) is 6.25. The minimum Gasteiger partial charge on any atom is -0.293 e. The van der Waals surface area contributed by atoms with E-state index < -0.39 is 4.92 Å². The number of nitrogens with zero attached hydrogens (tertiary/aromatic N) is 2. The van der Waals surface area contributed by atoms with Crippen LogP contribution in [-0.4, -0.2) is 21.4 Å².